The van der Waals surface area contributed by atoms with Crippen molar-refractivity contribution in [1.82, 2.24) is 14.9 Å². The van der Waals surface area contributed by atoms with Gasteiger partial charge in [0.1, 0.15) is 5.41 Å². The molecule has 1 fully saturated rings. The first-order valence-electron chi connectivity index (χ1n) is 9.47. The fourth-order valence-corrected chi connectivity index (χ4v) is 3.32. The van der Waals surface area contributed by atoms with Gasteiger partial charge < -0.3 is 24.6 Å². The molecule has 0 atom stereocenters. The highest BCUT2D eigenvalue weighted by Crippen LogP contribution is 2.34. The van der Waals surface area contributed by atoms with Crippen LogP contribution in [0.3, 0.4) is 0 Å². The molecule has 9 nitrogen and oxygen atoms in total. The number of piperazine rings is 1. The summed E-state index contributed by atoms with van der Waals surface area (Å²) in [6.07, 6.45) is 3.40. The number of benzene rings is 1. The molecule has 4 rings (SSSR count). The van der Waals surface area contributed by atoms with Crippen LogP contribution in [0.4, 0.5) is 11.6 Å². The van der Waals surface area contributed by atoms with E-state index in [0.717, 1.165) is 0 Å². The first kappa shape index (κ1) is 19.0. The number of hydrogen-bond acceptors (Lipinski definition) is 7. The molecule has 0 spiro atoms. The molecule has 0 aliphatic carbocycles. The Morgan fingerprint density at radius 1 is 1.03 bits per heavy atom. The highest BCUT2D eigenvalue weighted by atomic mass is 16.7. The first-order chi connectivity index (χ1) is 13.9. The molecule has 9 heteroatoms. The van der Waals surface area contributed by atoms with Crippen LogP contribution in [-0.2, 0) is 9.59 Å². The van der Waals surface area contributed by atoms with E-state index in [4.69, 9.17) is 9.47 Å². The molecule has 0 saturated carbocycles. The molecule has 0 unspecified atom stereocenters. The standard InChI is InChI=1S/C20H23N5O4/c1-20(2,17(26)23-14-4-5-15-16(12-14)29-13-28-15)18(27)24-8-10-25(11-9-24)19-21-6-3-7-22-19/h3-7,12H,8-11,13H2,1-2H3,(H,23,26). The van der Waals surface area contributed by atoms with Gasteiger partial charge in [0.15, 0.2) is 11.5 Å². The third-order valence-electron chi connectivity index (χ3n) is 5.13. The number of amides is 2. The lowest BCUT2D eigenvalue weighted by molar-refractivity contribution is -0.146. The van der Waals surface area contributed by atoms with E-state index >= 15 is 0 Å². The lowest BCUT2D eigenvalue weighted by Gasteiger charge is -2.38. The molecule has 2 aliphatic rings. The van der Waals surface area contributed by atoms with Crippen molar-refractivity contribution < 1.29 is 19.1 Å². The van der Waals surface area contributed by atoms with Crippen molar-refractivity contribution >= 4 is 23.5 Å². The van der Waals surface area contributed by atoms with E-state index in [-0.39, 0.29) is 18.6 Å². The highest BCUT2D eigenvalue weighted by Gasteiger charge is 2.40. The lowest BCUT2D eigenvalue weighted by atomic mass is 9.89. The van der Waals surface area contributed by atoms with Crippen molar-refractivity contribution in [3.63, 3.8) is 0 Å². The summed E-state index contributed by atoms with van der Waals surface area (Å²) in [7, 11) is 0. The Morgan fingerprint density at radius 3 is 2.45 bits per heavy atom. The molecule has 0 radical (unpaired) electrons. The van der Waals surface area contributed by atoms with E-state index < -0.39 is 5.41 Å². The molecule has 2 aliphatic heterocycles. The van der Waals surface area contributed by atoms with E-state index in [1.807, 2.05) is 4.90 Å². The summed E-state index contributed by atoms with van der Waals surface area (Å²) in [6.45, 7) is 5.71. The predicted octanol–water partition coefficient (Wildman–Crippen LogP) is 1.52. The van der Waals surface area contributed by atoms with Gasteiger partial charge in [0, 0.05) is 50.3 Å². The van der Waals surface area contributed by atoms with Crippen LogP contribution in [0.5, 0.6) is 11.5 Å². The molecule has 2 amide bonds. The number of carbonyl (C=O) groups is 2. The molecule has 1 N–H and O–H groups in total. The summed E-state index contributed by atoms with van der Waals surface area (Å²) < 4.78 is 10.6. The van der Waals surface area contributed by atoms with Gasteiger partial charge in [0.2, 0.25) is 24.6 Å². The van der Waals surface area contributed by atoms with Crippen molar-refractivity contribution in [2.24, 2.45) is 5.41 Å². The number of hydrogen-bond donors (Lipinski definition) is 1. The molecule has 3 heterocycles. The van der Waals surface area contributed by atoms with E-state index in [1.54, 1.807) is 55.4 Å². The summed E-state index contributed by atoms with van der Waals surface area (Å²) in [6, 6.07) is 6.92. The summed E-state index contributed by atoms with van der Waals surface area (Å²) in [5, 5.41) is 2.81. The Balaban J connectivity index is 1.38. The van der Waals surface area contributed by atoms with Crippen LogP contribution in [0.1, 0.15) is 13.8 Å². The minimum atomic E-state index is -1.21. The molecule has 0 bridgehead atoms. The van der Waals surface area contributed by atoms with Gasteiger partial charge in [-0.05, 0) is 32.0 Å². The highest BCUT2D eigenvalue weighted by molar-refractivity contribution is 6.10. The zero-order valence-electron chi connectivity index (χ0n) is 16.4. The maximum absolute atomic E-state index is 13.1. The van der Waals surface area contributed by atoms with Gasteiger partial charge in [-0.3, -0.25) is 9.59 Å². The average molecular weight is 397 g/mol. The topological polar surface area (TPSA) is 96.9 Å². The predicted molar refractivity (Wildman–Crippen MR) is 106 cm³/mol. The number of anilines is 2. The second kappa shape index (κ2) is 7.57. The third kappa shape index (κ3) is 3.80. The number of nitrogens with zero attached hydrogens (tertiary/aromatic N) is 4. The quantitative estimate of drug-likeness (QED) is 0.781. The van der Waals surface area contributed by atoms with Crippen LogP contribution < -0.4 is 19.7 Å². The van der Waals surface area contributed by atoms with Crippen molar-refractivity contribution in [3.8, 4) is 11.5 Å². The van der Waals surface area contributed by atoms with E-state index in [0.29, 0.717) is 49.3 Å². The second-order valence-electron chi connectivity index (χ2n) is 7.48. The van der Waals surface area contributed by atoms with Crippen LogP contribution in [0.15, 0.2) is 36.7 Å². The molecule has 1 saturated heterocycles. The Labute approximate surface area is 168 Å². The van der Waals surface area contributed by atoms with Gasteiger partial charge in [-0.15, -0.1) is 0 Å². The average Bonchev–Trinajstić information content (AvgIpc) is 3.22. The van der Waals surface area contributed by atoms with E-state index in [2.05, 4.69) is 15.3 Å². The van der Waals surface area contributed by atoms with Crippen LogP contribution in [-0.4, -0.2) is 59.7 Å². The number of carbonyl (C=O) groups excluding carboxylic acids is 2. The number of rotatable bonds is 4. The van der Waals surface area contributed by atoms with Gasteiger partial charge in [0.25, 0.3) is 0 Å². The molecular weight excluding hydrogens is 374 g/mol. The minimum Gasteiger partial charge on any atom is -0.454 e. The molecule has 152 valence electrons. The SMILES string of the molecule is CC(C)(C(=O)Nc1ccc2c(c1)OCO2)C(=O)N1CCN(c2ncccn2)CC1. The maximum Gasteiger partial charge on any atom is 0.239 e. The molecular formula is C20H23N5O4. The zero-order valence-corrected chi connectivity index (χ0v) is 16.4. The Hall–Kier alpha value is -3.36. The molecule has 2 aromatic rings. The summed E-state index contributed by atoms with van der Waals surface area (Å²) in [5.41, 5.74) is -0.645. The summed E-state index contributed by atoms with van der Waals surface area (Å²) in [4.78, 5) is 38.1. The number of aromatic nitrogens is 2. The van der Waals surface area contributed by atoms with E-state index in [9.17, 15) is 9.59 Å². The van der Waals surface area contributed by atoms with E-state index in [1.165, 1.54) is 0 Å². The van der Waals surface area contributed by atoms with Gasteiger partial charge in [0.05, 0.1) is 0 Å². The number of fused-ring (bicyclic) bond motifs is 1. The fourth-order valence-electron chi connectivity index (χ4n) is 3.32. The summed E-state index contributed by atoms with van der Waals surface area (Å²) in [5.74, 6) is 1.30. The van der Waals surface area contributed by atoms with Gasteiger partial charge >= 0.3 is 0 Å². The Kier molecular flexibility index (Phi) is 4.96. The molecule has 29 heavy (non-hydrogen) atoms. The summed E-state index contributed by atoms with van der Waals surface area (Å²) >= 11 is 0. The second-order valence-corrected chi connectivity index (χ2v) is 7.48. The van der Waals surface area contributed by atoms with Gasteiger partial charge in [-0.2, -0.15) is 0 Å². The monoisotopic (exact) mass is 397 g/mol. The van der Waals surface area contributed by atoms with Crippen molar-refractivity contribution in [3.05, 3.63) is 36.7 Å². The number of nitrogens with one attached hydrogen (secondary N) is 1. The van der Waals surface area contributed by atoms with Gasteiger partial charge in [-0.1, -0.05) is 0 Å². The zero-order chi connectivity index (χ0) is 20.4. The van der Waals surface area contributed by atoms with Crippen molar-refractivity contribution in [2.75, 3.05) is 43.2 Å². The smallest absolute Gasteiger partial charge is 0.239 e. The van der Waals surface area contributed by atoms with Crippen molar-refractivity contribution in [2.45, 2.75) is 13.8 Å². The first-order valence-corrected chi connectivity index (χ1v) is 9.47. The lowest BCUT2D eigenvalue weighted by Crippen LogP contribution is -2.54. The Bertz CT molecular complexity index is 910. The normalized spacial score (nSPS) is 15.9. The largest absolute Gasteiger partial charge is 0.454 e. The van der Waals surface area contributed by atoms with Crippen LogP contribution in [0.2, 0.25) is 0 Å². The van der Waals surface area contributed by atoms with Crippen LogP contribution in [0, 0.1) is 5.41 Å². The Morgan fingerprint density at radius 2 is 1.72 bits per heavy atom. The fraction of sp³-hybridized carbons (Fsp3) is 0.400. The van der Waals surface area contributed by atoms with Gasteiger partial charge in [-0.25, -0.2) is 9.97 Å². The molecule has 1 aromatic heterocycles. The van der Waals surface area contributed by atoms with Crippen LogP contribution >= 0.6 is 0 Å². The minimum absolute atomic E-state index is 0.163. The molecule has 1 aromatic carbocycles. The third-order valence-corrected chi connectivity index (χ3v) is 5.13. The van der Waals surface area contributed by atoms with Crippen LogP contribution in [0.25, 0.3) is 0 Å². The number of ether oxygens (including phenoxy) is 2. The maximum atomic E-state index is 13.1. The van der Waals surface area contributed by atoms with Crippen molar-refractivity contribution in [1.29, 1.82) is 0 Å².